The number of fused-ring (bicyclic) bond motifs is 1. The van der Waals surface area contributed by atoms with Crippen LogP contribution in [0.5, 0.6) is 0 Å². The highest BCUT2D eigenvalue weighted by molar-refractivity contribution is 6.07. The Labute approximate surface area is 155 Å². The number of hydrogen-bond donors (Lipinski definition) is 2. The first kappa shape index (κ1) is 17.0. The molecule has 1 amide bonds. The fourth-order valence-electron chi connectivity index (χ4n) is 3.36. The van der Waals surface area contributed by atoms with Gasteiger partial charge in [-0.05, 0) is 25.0 Å². The molecule has 0 bridgehead atoms. The summed E-state index contributed by atoms with van der Waals surface area (Å²) in [5.41, 5.74) is 3.26. The number of nitrogens with zero attached hydrogens (tertiary/aromatic N) is 3. The fourth-order valence-corrected chi connectivity index (χ4v) is 3.36. The maximum Gasteiger partial charge on any atom is 0.356 e. The average Bonchev–Trinajstić information content (AvgIpc) is 3.22. The van der Waals surface area contributed by atoms with Crippen LogP contribution in [0.3, 0.4) is 0 Å². The van der Waals surface area contributed by atoms with Crippen molar-refractivity contribution in [1.29, 1.82) is 0 Å². The van der Waals surface area contributed by atoms with Crippen molar-refractivity contribution in [2.75, 3.05) is 5.32 Å². The van der Waals surface area contributed by atoms with Gasteiger partial charge in [0, 0.05) is 30.9 Å². The van der Waals surface area contributed by atoms with Crippen molar-refractivity contribution < 1.29 is 14.7 Å². The topological polar surface area (TPSA) is 97.1 Å². The van der Waals surface area contributed by atoms with E-state index < -0.39 is 11.9 Å². The number of hydrogen-bond acceptors (Lipinski definition) is 4. The number of anilines is 1. The van der Waals surface area contributed by atoms with Crippen molar-refractivity contribution in [2.24, 2.45) is 0 Å². The molecule has 0 spiro atoms. The second-order valence-corrected chi connectivity index (χ2v) is 6.57. The molecule has 3 heterocycles. The Balaban J connectivity index is 1.63. The van der Waals surface area contributed by atoms with Gasteiger partial charge in [-0.3, -0.25) is 9.78 Å². The van der Waals surface area contributed by atoms with Crippen molar-refractivity contribution in [3.63, 3.8) is 0 Å². The van der Waals surface area contributed by atoms with Crippen molar-refractivity contribution >= 4 is 17.7 Å². The van der Waals surface area contributed by atoms with Gasteiger partial charge in [-0.1, -0.05) is 29.8 Å². The summed E-state index contributed by atoms with van der Waals surface area (Å²) in [7, 11) is 0. The molecule has 7 heteroatoms. The molecular weight excluding hydrogens is 344 g/mol. The lowest BCUT2D eigenvalue weighted by Crippen LogP contribution is -2.16. The molecule has 1 aliphatic rings. The smallest absolute Gasteiger partial charge is 0.356 e. The lowest BCUT2D eigenvalue weighted by Gasteiger charge is -2.07. The van der Waals surface area contributed by atoms with Crippen LogP contribution in [-0.4, -0.2) is 31.5 Å². The third kappa shape index (κ3) is 3.19. The summed E-state index contributed by atoms with van der Waals surface area (Å²) >= 11 is 0. The van der Waals surface area contributed by atoms with Gasteiger partial charge in [-0.25, -0.2) is 9.78 Å². The van der Waals surface area contributed by atoms with E-state index in [1.54, 1.807) is 16.8 Å². The van der Waals surface area contributed by atoms with Gasteiger partial charge in [0.05, 0.1) is 5.56 Å². The molecule has 2 N–H and O–H groups in total. The van der Waals surface area contributed by atoms with E-state index in [0.29, 0.717) is 24.4 Å². The summed E-state index contributed by atoms with van der Waals surface area (Å²) in [6.07, 6.45) is 4.72. The number of carbonyl (C=O) groups excluding carboxylic acids is 1. The minimum Gasteiger partial charge on any atom is -0.476 e. The summed E-state index contributed by atoms with van der Waals surface area (Å²) in [4.78, 5) is 32.7. The first-order valence-corrected chi connectivity index (χ1v) is 8.69. The molecule has 0 aliphatic carbocycles. The van der Waals surface area contributed by atoms with Crippen LogP contribution < -0.4 is 5.32 Å². The normalized spacial score (nSPS) is 12.6. The molecule has 2 aromatic heterocycles. The van der Waals surface area contributed by atoms with E-state index in [-0.39, 0.29) is 11.5 Å². The van der Waals surface area contributed by atoms with E-state index in [1.165, 1.54) is 6.20 Å². The third-order valence-corrected chi connectivity index (χ3v) is 4.62. The van der Waals surface area contributed by atoms with Crippen LogP contribution in [0.1, 0.15) is 38.7 Å². The van der Waals surface area contributed by atoms with E-state index in [1.807, 2.05) is 31.2 Å². The highest BCUT2D eigenvalue weighted by Gasteiger charge is 2.26. The standard InChI is InChI=1S/C20H18N4O3/c1-12-4-2-5-13(8-12)14-9-15(11-21-10-14)19(25)23-18-17(20(26)27)24-7-3-6-16(24)22-18/h2,4-5,8-11H,3,6-7H2,1H3,(H,23,25)(H,26,27). The Morgan fingerprint density at radius 2 is 2.04 bits per heavy atom. The second-order valence-electron chi connectivity index (χ2n) is 6.57. The summed E-state index contributed by atoms with van der Waals surface area (Å²) in [5.74, 6) is -0.758. The molecule has 4 rings (SSSR count). The molecular formula is C20H18N4O3. The van der Waals surface area contributed by atoms with E-state index in [0.717, 1.165) is 23.1 Å². The van der Waals surface area contributed by atoms with Crippen LogP contribution in [0, 0.1) is 6.92 Å². The van der Waals surface area contributed by atoms with Gasteiger partial charge in [0.2, 0.25) is 0 Å². The zero-order valence-corrected chi connectivity index (χ0v) is 14.8. The van der Waals surface area contributed by atoms with Crippen LogP contribution >= 0.6 is 0 Å². The van der Waals surface area contributed by atoms with E-state index in [2.05, 4.69) is 15.3 Å². The minimum atomic E-state index is -1.10. The average molecular weight is 362 g/mol. The largest absolute Gasteiger partial charge is 0.476 e. The first-order chi connectivity index (χ1) is 13.0. The lowest BCUT2D eigenvalue weighted by molar-refractivity contribution is 0.0686. The number of rotatable bonds is 4. The number of benzene rings is 1. The minimum absolute atomic E-state index is 0.0265. The molecule has 136 valence electrons. The van der Waals surface area contributed by atoms with E-state index in [4.69, 9.17) is 0 Å². The number of carboxylic acid groups (broad SMARTS) is 1. The van der Waals surface area contributed by atoms with E-state index in [9.17, 15) is 14.7 Å². The van der Waals surface area contributed by atoms with Crippen LogP contribution in [0.15, 0.2) is 42.7 Å². The number of imidazole rings is 1. The van der Waals surface area contributed by atoms with Gasteiger partial charge in [0.25, 0.3) is 5.91 Å². The Hall–Kier alpha value is -3.48. The number of aryl methyl sites for hydroxylation is 2. The number of carbonyl (C=O) groups is 2. The summed E-state index contributed by atoms with van der Waals surface area (Å²) in [5, 5.41) is 12.1. The SMILES string of the molecule is Cc1cccc(-c2cncc(C(=O)Nc3nc4n(c3C(=O)O)CCC4)c2)c1. The predicted octanol–water partition coefficient (Wildman–Crippen LogP) is 3.15. The van der Waals surface area contributed by atoms with Gasteiger partial charge in [-0.15, -0.1) is 0 Å². The lowest BCUT2D eigenvalue weighted by atomic mass is 10.0. The maximum atomic E-state index is 12.7. The number of pyridine rings is 1. The van der Waals surface area contributed by atoms with Crippen LogP contribution in [0.2, 0.25) is 0 Å². The highest BCUT2D eigenvalue weighted by Crippen LogP contribution is 2.25. The number of aromatic nitrogens is 3. The van der Waals surface area contributed by atoms with Gasteiger partial charge in [0.15, 0.2) is 11.5 Å². The fraction of sp³-hybridized carbons (Fsp3) is 0.200. The molecule has 27 heavy (non-hydrogen) atoms. The molecule has 3 aromatic rings. The third-order valence-electron chi connectivity index (χ3n) is 4.62. The second kappa shape index (κ2) is 6.68. The monoisotopic (exact) mass is 362 g/mol. The summed E-state index contributed by atoms with van der Waals surface area (Å²) < 4.78 is 1.65. The van der Waals surface area contributed by atoms with Crippen molar-refractivity contribution in [3.8, 4) is 11.1 Å². The number of nitrogens with one attached hydrogen (secondary N) is 1. The van der Waals surface area contributed by atoms with Crippen molar-refractivity contribution in [2.45, 2.75) is 26.3 Å². The Bertz CT molecular complexity index is 1060. The zero-order chi connectivity index (χ0) is 19.0. The molecule has 1 aliphatic heterocycles. The van der Waals surface area contributed by atoms with Gasteiger partial charge in [-0.2, -0.15) is 0 Å². The maximum absolute atomic E-state index is 12.7. The Kier molecular flexibility index (Phi) is 4.19. The summed E-state index contributed by atoms with van der Waals surface area (Å²) in [6.45, 7) is 2.60. The molecule has 0 saturated carbocycles. The number of carboxylic acids is 1. The number of amides is 1. The van der Waals surface area contributed by atoms with Crippen LogP contribution in [-0.2, 0) is 13.0 Å². The molecule has 1 aromatic carbocycles. The van der Waals surface area contributed by atoms with Crippen LogP contribution in [0.4, 0.5) is 5.82 Å². The van der Waals surface area contributed by atoms with E-state index >= 15 is 0 Å². The van der Waals surface area contributed by atoms with Crippen molar-refractivity contribution in [1.82, 2.24) is 14.5 Å². The van der Waals surface area contributed by atoms with Crippen molar-refractivity contribution in [3.05, 3.63) is 65.4 Å². The first-order valence-electron chi connectivity index (χ1n) is 8.69. The molecule has 0 atom stereocenters. The predicted molar refractivity (Wildman–Crippen MR) is 99.9 cm³/mol. The molecule has 7 nitrogen and oxygen atoms in total. The van der Waals surface area contributed by atoms with Gasteiger partial charge in [0.1, 0.15) is 5.82 Å². The zero-order valence-electron chi connectivity index (χ0n) is 14.8. The molecule has 0 radical (unpaired) electrons. The summed E-state index contributed by atoms with van der Waals surface area (Å²) in [6, 6.07) is 9.65. The Morgan fingerprint density at radius 3 is 2.81 bits per heavy atom. The highest BCUT2D eigenvalue weighted by atomic mass is 16.4. The molecule has 0 saturated heterocycles. The molecule has 0 unspecified atom stereocenters. The van der Waals surface area contributed by atoms with Gasteiger partial charge >= 0.3 is 5.97 Å². The van der Waals surface area contributed by atoms with Gasteiger partial charge < -0.3 is 15.0 Å². The van der Waals surface area contributed by atoms with Crippen LogP contribution in [0.25, 0.3) is 11.1 Å². The number of aromatic carboxylic acids is 1. The quantitative estimate of drug-likeness (QED) is 0.743. The molecule has 0 fully saturated rings. The Morgan fingerprint density at radius 1 is 1.19 bits per heavy atom.